The van der Waals surface area contributed by atoms with Crippen LogP contribution in [0.3, 0.4) is 0 Å². The Kier molecular flexibility index (Phi) is 3.17. The van der Waals surface area contributed by atoms with Crippen molar-refractivity contribution in [3.05, 3.63) is 30.1 Å². The van der Waals surface area contributed by atoms with E-state index in [9.17, 15) is 0 Å². The lowest BCUT2D eigenvalue weighted by atomic mass is 10.7. The zero-order valence-corrected chi connectivity index (χ0v) is 11.0. The Labute approximate surface area is 114 Å². The van der Waals surface area contributed by atoms with Crippen molar-refractivity contribution in [2.24, 2.45) is 0 Å². The molecule has 0 amide bonds. The molecule has 3 aromatic heterocycles. The van der Waals surface area contributed by atoms with Gasteiger partial charge in [0.1, 0.15) is 6.33 Å². The summed E-state index contributed by atoms with van der Waals surface area (Å²) in [6.07, 6.45) is 4.84. The zero-order valence-electron chi connectivity index (χ0n) is 8.63. The second kappa shape index (κ2) is 4.96. The summed E-state index contributed by atoms with van der Waals surface area (Å²) in [5.41, 5.74) is 0. The van der Waals surface area contributed by atoms with E-state index < -0.39 is 0 Å². The second-order valence-corrected chi connectivity index (χ2v) is 5.28. The van der Waals surface area contributed by atoms with Crippen LogP contribution < -0.4 is 0 Å². The Hall–Kier alpha value is -1.58. The van der Waals surface area contributed by atoms with Gasteiger partial charge < -0.3 is 0 Å². The van der Waals surface area contributed by atoms with E-state index in [1.807, 2.05) is 0 Å². The first kappa shape index (κ1) is 11.5. The molecule has 0 saturated carbocycles. The van der Waals surface area contributed by atoms with Gasteiger partial charge in [-0.25, -0.2) is 9.67 Å². The first-order valence-corrected chi connectivity index (χ1v) is 6.64. The lowest BCUT2D eigenvalue weighted by molar-refractivity contribution is 0.758. The number of halogens is 1. The SMILES string of the molecule is Clc1nc(Sc2ncns2)nc(-n2cccn2)n1. The van der Waals surface area contributed by atoms with E-state index in [2.05, 4.69) is 29.4 Å². The van der Waals surface area contributed by atoms with Crippen molar-refractivity contribution in [1.29, 1.82) is 0 Å². The number of aromatic nitrogens is 7. The molecule has 18 heavy (non-hydrogen) atoms. The highest BCUT2D eigenvalue weighted by molar-refractivity contribution is 8.00. The summed E-state index contributed by atoms with van der Waals surface area (Å²) in [6, 6.07) is 1.77. The molecule has 0 fully saturated rings. The van der Waals surface area contributed by atoms with Crippen LogP contribution in [0.25, 0.3) is 5.95 Å². The summed E-state index contributed by atoms with van der Waals surface area (Å²) in [6.45, 7) is 0. The monoisotopic (exact) mass is 297 g/mol. The number of rotatable bonds is 3. The number of nitrogens with zero attached hydrogens (tertiary/aromatic N) is 7. The van der Waals surface area contributed by atoms with Gasteiger partial charge >= 0.3 is 0 Å². The smallest absolute Gasteiger partial charge is 0.216 e. The van der Waals surface area contributed by atoms with Gasteiger partial charge in [-0.2, -0.15) is 24.4 Å². The van der Waals surface area contributed by atoms with Crippen molar-refractivity contribution in [2.45, 2.75) is 9.50 Å². The van der Waals surface area contributed by atoms with E-state index in [0.717, 1.165) is 4.34 Å². The Morgan fingerprint density at radius 1 is 1.28 bits per heavy atom. The van der Waals surface area contributed by atoms with E-state index in [1.54, 1.807) is 18.5 Å². The molecule has 3 heterocycles. The third-order valence-electron chi connectivity index (χ3n) is 1.80. The summed E-state index contributed by atoms with van der Waals surface area (Å²) in [4.78, 5) is 16.3. The maximum absolute atomic E-state index is 5.86. The molecule has 0 saturated heterocycles. The van der Waals surface area contributed by atoms with Crippen molar-refractivity contribution < 1.29 is 0 Å². The first-order chi connectivity index (χ1) is 8.81. The van der Waals surface area contributed by atoms with Gasteiger partial charge in [0.25, 0.3) is 5.95 Å². The van der Waals surface area contributed by atoms with E-state index >= 15 is 0 Å². The van der Waals surface area contributed by atoms with E-state index in [4.69, 9.17) is 11.6 Å². The topological polar surface area (TPSA) is 82.3 Å². The summed E-state index contributed by atoms with van der Waals surface area (Å²) in [5.74, 6) is 0.368. The van der Waals surface area contributed by atoms with Gasteiger partial charge in [-0.1, -0.05) is 0 Å². The minimum atomic E-state index is 0.113. The van der Waals surface area contributed by atoms with Crippen molar-refractivity contribution in [1.82, 2.24) is 34.1 Å². The fraction of sp³-hybridized carbons (Fsp3) is 0. The van der Waals surface area contributed by atoms with E-state index in [1.165, 1.54) is 34.3 Å². The van der Waals surface area contributed by atoms with Gasteiger partial charge in [-0.05, 0) is 41.0 Å². The molecule has 0 atom stereocenters. The molecule has 0 aliphatic rings. The second-order valence-electron chi connectivity index (χ2n) is 2.95. The van der Waals surface area contributed by atoms with Crippen LogP contribution in [0.4, 0.5) is 0 Å². The third kappa shape index (κ3) is 2.47. The average Bonchev–Trinajstić information content (AvgIpc) is 3.00. The van der Waals surface area contributed by atoms with E-state index in [0.29, 0.717) is 11.1 Å². The maximum atomic E-state index is 5.86. The molecule has 3 rings (SSSR count). The molecule has 0 unspecified atom stereocenters. The quantitative estimate of drug-likeness (QED) is 0.728. The minimum absolute atomic E-state index is 0.113. The molecule has 7 nitrogen and oxygen atoms in total. The fourth-order valence-corrected chi connectivity index (χ4v) is 2.64. The van der Waals surface area contributed by atoms with Crippen molar-refractivity contribution in [3.63, 3.8) is 0 Å². The van der Waals surface area contributed by atoms with Gasteiger partial charge in [0.05, 0.1) is 0 Å². The Morgan fingerprint density at radius 3 is 2.94 bits per heavy atom. The van der Waals surface area contributed by atoms with Crippen LogP contribution in [0.2, 0.25) is 5.28 Å². The molecule has 0 aliphatic carbocycles. The molecular formula is C8H4ClN7S2. The van der Waals surface area contributed by atoms with Gasteiger partial charge in [0.15, 0.2) is 4.34 Å². The maximum Gasteiger partial charge on any atom is 0.255 e. The first-order valence-electron chi connectivity index (χ1n) is 4.67. The highest BCUT2D eigenvalue weighted by atomic mass is 35.5. The normalized spacial score (nSPS) is 10.7. The van der Waals surface area contributed by atoms with Gasteiger partial charge in [0, 0.05) is 12.4 Å². The molecule has 0 radical (unpaired) electrons. The van der Waals surface area contributed by atoms with Crippen LogP contribution in [0.15, 0.2) is 34.3 Å². The summed E-state index contributed by atoms with van der Waals surface area (Å²) >= 11 is 8.40. The highest BCUT2D eigenvalue weighted by Gasteiger charge is 2.10. The largest absolute Gasteiger partial charge is 0.255 e. The highest BCUT2D eigenvalue weighted by Crippen LogP contribution is 2.25. The predicted octanol–water partition coefficient (Wildman–Crippen LogP) is 1.71. The number of hydrogen-bond acceptors (Lipinski definition) is 8. The molecule has 0 bridgehead atoms. The fourth-order valence-electron chi connectivity index (χ4n) is 1.14. The third-order valence-corrected chi connectivity index (χ3v) is 3.55. The van der Waals surface area contributed by atoms with Gasteiger partial charge in [0.2, 0.25) is 10.4 Å². The summed E-state index contributed by atoms with van der Waals surface area (Å²) in [7, 11) is 0. The standard InChI is InChI=1S/C8H4ClN7S2/c9-5-13-6(16-3-1-2-11-16)15-7(14-5)17-8-10-4-12-18-8/h1-4H. The number of hydrogen-bond donors (Lipinski definition) is 0. The minimum Gasteiger partial charge on any atom is -0.216 e. The summed E-state index contributed by atoms with van der Waals surface area (Å²) < 4.78 is 6.15. The van der Waals surface area contributed by atoms with Gasteiger partial charge in [-0.3, -0.25) is 0 Å². The predicted molar refractivity (Wildman–Crippen MR) is 66.0 cm³/mol. The Morgan fingerprint density at radius 2 is 2.22 bits per heavy atom. The van der Waals surface area contributed by atoms with Crippen LogP contribution in [-0.2, 0) is 0 Å². The Bertz CT molecular complexity index is 640. The van der Waals surface area contributed by atoms with Crippen LogP contribution >= 0.6 is 34.9 Å². The van der Waals surface area contributed by atoms with Crippen molar-refractivity contribution >= 4 is 34.9 Å². The Balaban J connectivity index is 1.96. The van der Waals surface area contributed by atoms with Gasteiger partial charge in [-0.15, -0.1) is 0 Å². The lowest BCUT2D eigenvalue weighted by Gasteiger charge is -2.01. The molecule has 0 N–H and O–H groups in total. The molecule has 10 heteroatoms. The van der Waals surface area contributed by atoms with Crippen LogP contribution in [-0.4, -0.2) is 34.1 Å². The lowest BCUT2D eigenvalue weighted by Crippen LogP contribution is -2.04. The van der Waals surface area contributed by atoms with Crippen LogP contribution in [0.1, 0.15) is 0 Å². The summed E-state index contributed by atoms with van der Waals surface area (Å²) in [5, 5.41) is 4.61. The van der Waals surface area contributed by atoms with Crippen LogP contribution in [0.5, 0.6) is 0 Å². The molecule has 0 aromatic carbocycles. The molecular weight excluding hydrogens is 294 g/mol. The van der Waals surface area contributed by atoms with Crippen molar-refractivity contribution in [2.75, 3.05) is 0 Å². The molecule has 0 aliphatic heterocycles. The van der Waals surface area contributed by atoms with Crippen LogP contribution in [0, 0.1) is 0 Å². The van der Waals surface area contributed by atoms with Crippen molar-refractivity contribution in [3.8, 4) is 5.95 Å². The van der Waals surface area contributed by atoms with E-state index in [-0.39, 0.29) is 5.28 Å². The average molecular weight is 298 g/mol. The zero-order chi connectivity index (χ0) is 12.4. The molecule has 0 spiro atoms. The molecule has 3 aromatic rings. The molecule has 90 valence electrons.